The Labute approximate surface area is 82.4 Å². The Bertz CT molecular complexity index is 362. The van der Waals surface area contributed by atoms with Crippen molar-refractivity contribution in [3.63, 3.8) is 0 Å². The molecule has 0 spiro atoms. The maximum Gasteiger partial charge on any atom is 0.183 e. The fraction of sp³-hybridized carbons (Fsp3) is 0.364. The van der Waals surface area contributed by atoms with Gasteiger partial charge in [0.25, 0.3) is 0 Å². The average molecular weight is 193 g/mol. The number of benzene rings is 1. The van der Waals surface area contributed by atoms with Crippen LogP contribution in [0.25, 0.3) is 0 Å². The maximum absolute atomic E-state index is 13.4. The van der Waals surface area contributed by atoms with Gasteiger partial charge in [0.15, 0.2) is 5.90 Å². The Hall–Kier alpha value is -1.38. The van der Waals surface area contributed by atoms with E-state index in [0.717, 1.165) is 18.7 Å². The number of ether oxygens (including phenoxy) is 1. The molecule has 1 aromatic rings. The van der Waals surface area contributed by atoms with Crippen LogP contribution in [0.5, 0.6) is 0 Å². The van der Waals surface area contributed by atoms with Gasteiger partial charge < -0.3 is 4.74 Å². The average Bonchev–Trinajstić information content (AvgIpc) is 2.67. The van der Waals surface area contributed by atoms with Crippen LogP contribution in [0.2, 0.25) is 0 Å². The molecule has 3 heteroatoms. The van der Waals surface area contributed by atoms with E-state index in [1.54, 1.807) is 19.2 Å². The molecule has 0 aromatic heterocycles. The zero-order valence-electron chi connectivity index (χ0n) is 8.03. The maximum atomic E-state index is 13.4. The molecule has 0 fully saturated rings. The van der Waals surface area contributed by atoms with Crippen LogP contribution in [0.15, 0.2) is 29.3 Å². The third-order valence-corrected chi connectivity index (χ3v) is 2.43. The summed E-state index contributed by atoms with van der Waals surface area (Å²) in [6, 6.07) is 6.71. The van der Waals surface area contributed by atoms with Crippen molar-refractivity contribution in [2.75, 3.05) is 7.11 Å². The zero-order valence-corrected chi connectivity index (χ0v) is 8.03. The lowest BCUT2D eigenvalue weighted by molar-refractivity contribution is 0.395. The second-order valence-electron chi connectivity index (χ2n) is 3.30. The van der Waals surface area contributed by atoms with Crippen molar-refractivity contribution in [1.29, 1.82) is 0 Å². The number of methoxy groups -OCH3 is 1. The molecule has 2 rings (SSSR count). The van der Waals surface area contributed by atoms with E-state index in [1.165, 1.54) is 6.07 Å². The van der Waals surface area contributed by atoms with Gasteiger partial charge in [-0.05, 0) is 12.5 Å². The van der Waals surface area contributed by atoms with Crippen LogP contribution in [0, 0.1) is 5.82 Å². The third-order valence-electron chi connectivity index (χ3n) is 2.43. The largest absolute Gasteiger partial charge is 0.484 e. The molecule has 2 nitrogen and oxygen atoms in total. The molecule has 74 valence electrons. The molecule has 1 aliphatic rings. The molecule has 1 heterocycles. The summed E-state index contributed by atoms with van der Waals surface area (Å²) in [7, 11) is 1.60. The summed E-state index contributed by atoms with van der Waals surface area (Å²) in [4.78, 5) is 4.29. The predicted octanol–water partition coefficient (Wildman–Crippen LogP) is 2.71. The summed E-state index contributed by atoms with van der Waals surface area (Å²) < 4.78 is 18.4. The molecule has 0 saturated carbocycles. The third kappa shape index (κ3) is 1.62. The first-order chi connectivity index (χ1) is 6.81. The molecule has 0 saturated heterocycles. The predicted molar refractivity (Wildman–Crippen MR) is 52.8 cm³/mol. The number of aliphatic imine (C=N–C) groups is 1. The monoisotopic (exact) mass is 193 g/mol. The van der Waals surface area contributed by atoms with Gasteiger partial charge in [-0.15, -0.1) is 0 Å². The van der Waals surface area contributed by atoms with Crippen molar-refractivity contribution in [3.8, 4) is 0 Å². The Morgan fingerprint density at radius 2 is 2.21 bits per heavy atom. The van der Waals surface area contributed by atoms with Crippen LogP contribution in [0.3, 0.4) is 0 Å². The van der Waals surface area contributed by atoms with Crippen molar-refractivity contribution in [3.05, 3.63) is 35.6 Å². The number of nitrogens with zero attached hydrogens (tertiary/aromatic N) is 1. The van der Waals surface area contributed by atoms with Crippen LogP contribution in [0.4, 0.5) is 4.39 Å². The van der Waals surface area contributed by atoms with E-state index in [-0.39, 0.29) is 11.9 Å². The van der Waals surface area contributed by atoms with Gasteiger partial charge in [-0.2, -0.15) is 0 Å². The number of hydrogen-bond donors (Lipinski definition) is 0. The normalized spacial score (nSPS) is 20.7. The molecule has 0 N–H and O–H groups in total. The summed E-state index contributed by atoms with van der Waals surface area (Å²) in [5.41, 5.74) is 0.666. The summed E-state index contributed by atoms with van der Waals surface area (Å²) in [6.45, 7) is 0. The van der Waals surface area contributed by atoms with Crippen molar-refractivity contribution < 1.29 is 9.13 Å². The summed E-state index contributed by atoms with van der Waals surface area (Å²) in [6.07, 6.45) is 1.64. The number of hydrogen-bond acceptors (Lipinski definition) is 2. The van der Waals surface area contributed by atoms with Crippen LogP contribution >= 0.6 is 0 Å². The van der Waals surface area contributed by atoms with Gasteiger partial charge in [0, 0.05) is 12.0 Å². The van der Waals surface area contributed by atoms with Crippen LogP contribution in [0.1, 0.15) is 24.4 Å². The van der Waals surface area contributed by atoms with Crippen LogP contribution in [-0.2, 0) is 4.74 Å². The fourth-order valence-corrected chi connectivity index (χ4v) is 1.69. The number of halogens is 1. The highest BCUT2D eigenvalue weighted by atomic mass is 19.1. The molecule has 1 unspecified atom stereocenters. The highest BCUT2D eigenvalue weighted by molar-refractivity contribution is 5.78. The van der Waals surface area contributed by atoms with E-state index >= 15 is 0 Å². The first-order valence-electron chi connectivity index (χ1n) is 4.66. The number of rotatable bonds is 1. The molecule has 0 aliphatic carbocycles. The van der Waals surface area contributed by atoms with Gasteiger partial charge in [-0.1, -0.05) is 18.2 Å². The van der Waals surface area contributed by atoms with E-state index in [4.69, 9.17) is 4.74 Å². The van der Waals surface area contributed by atoms with E-state index in [9.17, 15) is 4.39 Å². The summed E-state index contributed by atoms with van der Waals surface area (Å²) in [5, 5.41) is 0. The van der Waals surface area contributed by atoms with E-state index < -0.39 is 0 Å². The molecule has 0 amide bonds. The first kappa shape index (κ1) is 9.19. The minimum Gasteiger partial charge on any atom is -0.484 e. The Kier molecular flexibility index (Phi) is 2.48. The van der Waals surface area contributed by atoms with Gasteiger partial charge >= 0.3 is 0 Å². The van der Waals surface area contributed by atoms with Gasteiger partial charge in [0.05, 0.1) is 13.2 Å². The smallest absolute Gasteiger partial charge is 0.183 e. The molecule has 1 aliphatic heterocycles. The molecular formula is C11H12FNO. The SMILES string of the molecule is COC1=NC(c2ccccc2F)CC1. The highest BCUT2D eigenvalue weighted by Crippen LogP contribution is 2.30. The lowest BCUT2D eigenvalue weighted by Crippen LogP contribution is -1.94. The van der Waals surface area contributed by atoms with Crippen molar-refractivity contribution in [2.24, 2.45) is 4.99 Å². The topological polar surface area (TPSA) is 21.6 Å². The summed E-state index contributed by atoms with van der Waals surface area (Å²) in [5.74, 6) is 0.539. The molecule has 0 radical (unpaired) electrons. The minimum absolute atomic E-state index is 0.0638. The zero-order chi connectivity index (χ0) is 9.97. The van der Waals surface area contributed by atoms with Crippen LogP contribution < -0.4 is 0 Å². The molecule has 14 heavy (non-hydrogen) atoms. The van der Waals surface area contributed by atoms with E-state index in [2.05, 4.69) is 4.99 Å². The highest BCUT2D eigenvalue weighted by Gasteiger charge is 2.21. The van der Waals surface area contributed by atoms with Crippen molar-refractivity contribution in [1.82, 2.24) is 0 Å². The standard InChI is InChI=1S/C11H12FNO/c1-14-11-7-6-10(13-11)8-4-2-3-5-9(8)12/h2-5,10H,6-7H2,1H3. The second-order valence-corrected chi connectivity index (χ2v) is 3.30. The first-order valence-corrected chi connectivity index (χ1v) is 4.66. The van der Waals surface area contributed by atoms with Gasteiger partial charge in [0.1, 0.15) is 5.82 Å². The Balaban J connectivity index is 2.25. The molecule has 0 bridgehead atoms. The van der Waals surface area contributed by atoms with Crippen molar-refractivity contribution in [2.45, 2.75) is 18.9 Å². The lowest BCUT2D eigenvalue weighted by Gasteiger charge is -2.06. The Morgan fingerprint density at radius 1 is 1.43 bits per heavy atom. The van der Waals surface area contributed by atoms with Gasteiger partial charge in [0.2, 0.25) is 0 Å². The molecule has 1 aromatic carbocycles. The van der Waals surface area contributed by atoms with E-state index in [1.807, 2.05) is 6.07 Å². The minimum atomic E-state index is -0.182. The van der Waals surface area contributed by atoms with Gasteiger partial charge in [-0.3, -0.25) is 0 Å². The quantitative estimate of drug-likeness (QED) is 0.672. The van der Waals surface area contributed by atoms with E-state index in [0.29, 0.717) is 5.56 Å². The lowest BCUT2D eigenvalue weighted by atomic mass is 10.0. The molecular weight excluding hydrogens is 181 g/mol. The fourth-order valence-electron chi connectivity index (χ4n) is 1.69. The van der Waals surface area contributed by atoms with Crippen LogP contribution in [-0.4, -0.2) is 13.0 Å². The van der Waals surface area contributed by atoms with Crippen molar-refractivity contribution >= 4 is 5.90 Å². The Morgan fingerprint density at radius 3 is 2.86 bits per heavy atom. The molecule has 1 atom stereocenters. The summed E-state index contributed by atoms with van der Waals surface area (Å²) >= 11 is 0. The van der Waals surface area contributed by atoms with Gasteiger partial charge in [-0.25, -0.2) is 9.38 Å². The second kappa shape index (κ2) is 3.78.